The minimum absolute atomic E-state index is 0.368. The third kappa shape index (κ3) is 5.34. The molecule has 3 aromatic rings. The molecular weight excluding hydrogens is 448 g/mol. The number of ether oxygens (including phenoxy) is 1. The number of rotatable bonds is 9. The van der Waals surface area contributed by atoms with E-state index in [2.05, 4.69) is 9.97 Å². The van der Waals surface area contributed by atoms with Crippen LogP contribution in [-0.2, 0) is 24.6 Å². The highest BCUT2D eigenvalue weighted by atomic mass is 19.4. The van der Waals surface area contributed by atoms with E-state index in [4.69, 9.17) is 10.5 Å². The monoisotopic (exact) mass is 478 g/mol. The van der Waals surface area contributed by atoms with Crippen LogP contribution in [0.25, 0.3) is 0 Å². The van der Waals surface area contributed by atoms with Crippen molar-refractivity contribution in [2.75, 3.05) is 5.73 Å². The number of anilines is 1. The lowest BCUT2D eigenvalue weighted by Gasteiger charge is -2.35. The van der Waals surface area contributed by atoms with E-state index >= 15 is 0 Å². The van der Waals surface area contributed by atoms with E-state index in [1.165, 1.54) is 19.2 Å². The van der Waals surface area contributed by atoms with E-state index < -0.39 is 23.6 Å². The minimum Gasteiger partial charge on any atom is -0.461 e. The normalized spacial score (nSPS) is 14.6. The molecule has 2 unspecified atom stereocenters. The third-order valence-electron chi connectivity index (χ3n) is 5.95. The van der Waals surface area contributed by atoms with Gasteiger partial charge in [0.05, 0.1) is 5.69 Å². The molecule has 2 atom stereocenters. The van der Waals surface area contributed by atoms with Gasteiger partial charge in [-0.2, -0.15) is 13.2 Å². The number of hydrogen-bond acceptors (Lipinski definition) is 4. The predicted octanol–water partition coefficient (Wildman–Crippen LogP) is 6.23. The Morgan fingerprint density at radius 2 is 1.85 bits per heavy atom. The lowest BCUT2D eigenvalue weighted by Crippen LogP contribution is -2.32. The largest absolute Gasteiger partial charge is 0.461 e. The van der Waals surface area contributed by atoms with E-state index in [9.17, 15) is 17.6 Å². The standard InChI is InChI=1S/C25H30F4N4O/c1-5-11-24(22-15-33(6-2)23(30)32-22,13-18-7-10-21(31-14-18)25(27,28)29)20-9-8-19(12-16(20)3)34-17(4)26/h7-10,12,14-15,17H,5-6,11,13H2,1-4H3,(H2,30,32). The Morgan fingerprint density at radius 1 is 1.12 bits per heavy atom. The second kappa shape index (κ2) is 10.0. The van der Waals surface area contributed by atoms with Crippen molar-refractivity contribution in [3.63, 3.8) is 0 Å². The summed E-state index contributed by atoms with van der Waals surface area (Å²) in [5.74, 6) is 0.767. The summed E-state index contributed by atoms with van der Waals surface area (Å²) in [4.78, 5) is 8.32. The first-order valence-electron chi connectivity index (χ1n) is 11.3. The van der Waals surface area contributed by atoms with Crippen LogP contribution >= 0.6 is 0 Å². The van der Waals surface area contributed by atoms with Crippen LogP contribution in [0.3, 0.4) is 0 Å². The summed E-state index contributed by atoms with van der Waals surface area (Å²) in [6, 6.07) is 7.80. The SMILES string of the molecule is CCCC(Cc1ccc(C(F)(F)F)nc1)(c1cn(CC)c(N)n1)c1ccc(OC(C)F)cc1C. The number of aromatic nitrogens is 3. The maximum atomic E-state index is 13.4. The van der Waals surface area contributed by atoms with Crippen molar-refractivity contribution in [3.05, 3.63) is 70.8 Å². The van der Waals surface area contributed by atoms with Crippen LogP contribution in [0.15, 0.2) is 42.7 Å². The average molecular weight is 479 g/mol. The first-order chi connectivity index (χ1) is 16.0. The molecule has 0 saturated heterocycles. The quantitative estimate of drug-likeness (QED) is 0.370. The Bertz CT molecular complexity index is 1110. The molecule has 0 amide bonds. The van der Waals surface area contributed by atoms with Gasteiger partial charge in [0.2, 0.25) is 6.36 Å². The second-order valence-electron chi connectivity index (χ2n) is 8.47. The Labute approximate surface area is 197 Å². The molecule has 0 radical (unpaired) electrons. The van der Waals surface area contributed by atoms with Crippen molar-refractivity contribution < 1.29 is 22.3 Å². The van der Waals surface area contributed by atoms with Gasteiger partial charge >= 0.3 is 6.18 Å². The highest BCUT2D eigenvalue weighted by Crippen LogP contribution is 2.42. The summed E-state index contributed by atoms with van der Waals surface area (Å²) in [5, 5.41) is 0. The molecule has 34 heavy (non-hydrogen) atoms. The molecule has 0 aliphatic carbocycles. The molecule has 2 heterocycles. The molecule has 2 aromatic heterocycles. The fourth-order valence-electron chi connectivity index (χ4n) is 4.49. The van der Waals surface area contributed by atoms with Gasteiger partial charge in [-0.05, 0) is 61.6 Å². The van der Waals surface area contributed by atoms with Crippen LogP contribution in [0, 0.1) is 6.92 Å². The van der Waals surface area contributed by atoms with Gasteiger partial charge in [0.15, 0.2) is 5.95 Å². The molecule has 3 rings (SSSR count). The molecule has 0 bridgehead atoms. The Morgan fingerprint density at radius 3 is 2.35 bits per heavy atom. The topological polar surface area (TPSA) is 66.0 Å². The summed E-state index contributed by atoms with van der Waals surface area (Å²) in [6.07, 6.45) is -0.981. The molecule has 0 aliphatic heterocycles. The number of halogens is 4. The zero-order valence-electron chi connectivity index (χ0n) is 19.8. The van der Waals surface area contributed by atoms with Gasteiger partial charge in [-0.1, -0.05) is 25.5 Å². The summed E-state index contributed by atoms with van der Waals surface area (Å²) < 4.78 is 59.6. The van der Waals surface area contributed by atoms with Gasteiger partial charge < -0.3 is 15.0 Å². The van der Waals surface area contributed by atoms with Crippen LogP contribution in [0.4, 0.5) is 23.5 Å². The number of hydrogen-bond donors (Lipinski definition) is 1. The number of nitrogen functional groups attached to an aromatic ring is 1. The summed E-state index contributed by atoms with van der Waals surface area (Å²) >= 11 is 0. The van der Waals surface area contributed by atoms with Crippen LogP contribution in [0.1, 0.15) is 61.7 Å². The van der Waals surface area contributed by atoms with Gasteiger partial charge in [0.1, 0.15) is 11.4 Å². The minimum atomic E-state index is -4.51. The van der Waals surface area contributed by atoms with Crippen molar-refractivity contribution in [2.45, 2.75) is 71.5 Å². The maximum Gasteiger partial charge on any atom is 0.433 e. The van der Waals surface area contributed by atoms with E-state index in [0.29, 0.717) is 36.6 Å². The Hall–Kier alpha value is -3.10. The molecular formula is C25H30F4N4O. The lowest BCUT2D eigenvalue weighted by atomic mass is 9.69. The van der Waals surface area contributed by atoms with Gasteiger partial charge in [-0.3, -0.25) is 4.98 Å². The second-order valence-corrected chi connectivity index (χ2v) is 8.47. The molecule has 0 spiro atoms. The average Bonchev–Trinajstić information content (AvgIpc) is 3.14. The number of alkyl halides is 4. The number of nitrogens with zero attached hydrogens (tertiary/aromatic N) is 3. The molecule has 1 aromatic carbocycles. The molecule has 0 fully saturated rings. The summed E-state index contributed by atoms with van der Waals surface area (Å²) in [5.41, 5.74) is 7.68. The molecule has 0 saturated carbocycles. The fraction of sp³-hybridized carbons (Fsp3) is 0.440. The highest BCUT2D eigenvalue weighted by molar-refractivity contribution is 5.47. The van der Waals surface area contributed by atoms with Crippen molar-refractivity contribution >= 4 is 5.95 Å². The number of pyridine rings is 1. The number of imidazole rings is 1. The maximum absolute atomic E-state index is 13.4. The van der Waals surface area contributed by atoms with Gasteiger partial charge in [0, 0.05) is 31.3 Å². The number of nitrogens with two attached hydrogens (primary N) is 1. The van der Waals surface area contributed by atoms with Crippen molar-refractivity contribution in [1.29, 1.82) is 0 Å². The highest BCUT2D eigenvalue weighted by Gasteiger charge is 2.39. The molecule has 184 valence electrons. The first kappa shape index (κ1) is 25.5. The molecule has 9 heteroatoms. The van der Waals surface area contributed by atoms with Crippen LogP contribution in [0.5, 0.6) is 5.75 Å². The number of aryl methyl sites for hydroxylation is 2. The lowest BCUT2D eigenvalue weighted by molar-refractivity contribution is -0.141. The fourth-order valence-corrected chi connectivity index (χ4v) is 4.49. The summed E-state index contributed by atoms with van der Waals surface area (Å²) in [6.45, 7) is 7.84. The predicted molar refractivity (Wildman–Crippen MR) is 123 cm³/mol. The van der Waals surface area contributed by atoms with Gasteiger partial charge in [0.25, 0.3) is 0 Å². The van der Waals surface area contributed by atoms with Gasteiger partial charge in [-0.15, -0.1) is 0 Å². The number of benzene rings is 1. The smallest absolute Gasteiger partial charge is 0.433 e. The first-order valence-corrected chi connectivity index (χ1v) is 11.3. The Kier molecular flexibility index (Phi) is 7.53. The molecule has 2 N–H and O–H groups in total. The van der Waals surface area contributed by atoms with E-state index in [1.54, 1.807) is 12.1 Å². The van der Waals surface area contributed by atoms with Crippen molar-refractivity contribution in [3.8, 4) is 5.75 Å². The molecule has 0 aliphatic rings. The van der Waals surface area contributed by atoms with Gasteiger partial charge in [-0.25, -0.2) is 9.37 Å². The molecule has 5 nitrogen and oxygen atoms in total. The van der Waals surface area contributed by atoms with Crippen molar-refractivity contribution in [2.24, 2.45) is 0 Å². The zero-order valence-corrected chi connectivity index (χ0v) is 19.8. The Balaban J connectivity index is 2.17. The van der Waals surface area contributed by atoms with E-state index in [-0.39, 0.29) is 0 Å². The third-order valence-corrected chi connectivity index (χ3v) is 5.95. The van der Waals surface area contributed by atoms with Crippen molar-refractivity contribution in [1.82, 2.24) is 14.5 Å². The zero-order chi connectivity index (χ0) is 25.1. The summed E-state index contributed by atoms with van der Waals surface area (Å²) in [7, 11) is 0. The van der Waals surface area contributed by atoms with Crippen LogP contribution in [-0.4, -0.2) is 20.9 Å². The van der Waals surface area contributed by atoms with Crippen LogP contribution < -0.4 is 10.5 Å². The van der Waals surface area contributed by atoms with E-state index in [0.717, 1.165) is 29.3 Å². The van der Waals surface area contributed by atoms with E-state index in [1.807, 2.05) is 37.6 Å². The van der Waals surface area contributed by atoms with Crippen LogP contribution in [0.2, 0.25) is 0 Å².